The molecule has 2 aliphatic carbocycles. The van der Waals surface area contributed by atoms with Crippen molar-refractivity contribution in [2.24, 2.45) is 17.3 Å². The lowest BCUT2D eigenvalue weighted by Crippen LogP contribution is -2.51. The Hall–Kier alpha value is -0.300. The van der Waals surface area contributed by atoms with Crippen LogP contribution in [0.3, 0.4) is 0 Å². The van der Waals surface area contributed by atoms with Crippen molar-refractivity contribution in [1.29, 1.82) is 0 Å². The van der Waals surface area contributed by atoms with Crippen LogP contribution in [0.4, 0.5) is 0 Å². The maximum Gasteiger partial charge on any atom is 0.0653 e. The fourth-order valence-corrected chi connectivity index (χ4v) is 4.14. The van der Waals surface area contributed by atoms with Gasteiger partial charge in [0.05, 0.1) is 5.60 Å². The molecule has 2 saturated carbocycles. The number of hydrogen-bond donors (Lipinski definition) is 1. The van der Waals surface area contributed by atoms with E-state index in [0.717, 1.165) is 12.8 Å². The summed E-state index contributed by atoms with van der Waals surface area (Å²) in [7, 11) is 0. The molecule has 0 spiro atoms. The van der Waals surface area contributed by atoms with Crippen LogP contribution in [0.5, 0.6) is 0 Å². The number of hydrogen-bond acceptors (Lipinski definition) is 1. The molecule has 0 saturated heterocycles. The molecule has 92 valence electrons. The molecule has 16 heavy (non-hydrogen) atoms. The molecule has 2 rings (SSSR count). The lowest BCUT2D eigenvalue weighted by Gasteiger charge is -2.54. The van der Waals surface area contributed by atoms with E-state index in [2.05, 4.69) is 27.4 Å². The molecule has 2 fully saturated rings. The van der Waals surface area contributed by atoms with Gasteiger partial charge in [0.1, 0.15) is 0 Å². The van der Waals surface area contributed by atoms with Gasteiger partial charge in [0, 0.05) is 0 Å². The Morgan fingerprint density at radius 3 is 2.56 bits per heavy atom. The van der Waals surface area contributed by atoms with Crippen LogP contribution >= 0.6 is 0 Å². The molecule has 0 amide bonds. The van der Waals surface area contributed by atoms with Gasteiger partial charge in [-0.25, -0.2) is 0 Å². The lowest BCUT2D eigenvalue weighted by atomic mass is 9.53. The van der Waals surface area contributed by atoms with Gasteiger partial charge in [-0.05, 0) is 63.2 Å². The summed E-state index contributed by atoms with van der Waals surface area (Å²) in [4.78, 5) is 0. The predicted octanol–water partition coefficient (Wildman–Crippen LogP) is 3.92. The third-order valence-electron chi connectivity index (χ3n) is 5.30. The molecule has 0 aromatic carbocycles. The maximum absolute atomic E-state index is 10.6. The van der Waals surface area contributed by atoms with Crippen molar-refractivity contribution < 1.29 is 5.11 Å². The molecule has 0 radical (unpaired) electrons. The molecule has 0 aromatic rings. The largest absolute Gasteiger partial charge is 0.390 e. The van der Waals surface area contributed by atoms with E-state index in [9.17, 15) is 5.11 Å². The topological polar surface area (TPSA) is 20.2 Å². The van der Waals surface area contributed by atoms with E-state index in [1.165, 1.54) is 31.3 Å². The molecule has 0 aromatic heterocycles. The second-order valence-corrected chi connectivity index (χ2v) is 6.73. The fourth-order valence-electron chi connectivity index (χ4n) is 4.14. The highest BCUT2D eigenvalue weighted by Gasteiger charge is 2.50. The molecule has 0 aliphatic heterocycles. The minimum atomic E-state index is -0.443. The molecular weight excluding hydrogens is 196 g/mol. The van der Waals surface area contributed by atoms with Crippen molar-refractivity contribution in [1.82, 2.24) is 0 Å². The zero-order valence-corrected chi connectivity index (χ0v) is 11.1. The Kier molecular flexibility index (Phi) is 2.94. The molecule has 1 heteroatoms. The first-order chi connectivity index (χ1) is 7.35. The highest BCUT2D eigenvalue weighted by atomic mass is 16.3. The van der Waals surface area contributed by atoms with Gasteiger partial charge in [-0.1, -0.05) is 25.5 Å². The van der Waals surface area contributed by atoms with Gasteiger partial charge in [-0.2, -0.15) is 0 Å². The second-order valence-electron chi connectivity index (χ2n) is 6.73. The summed E-state index contributed by atoms with van der Waals surface area (Å²) in [6.45, 7) is 10.7. The van der Waals surface area contributed by atoms with Crippen LogP contribution in [0.1, 0.15) is 59.3 Å². The highest BCUT2D eigenvalue weighted by Crippen LogP contribution is 2.56. The number of allylic oxidation sites excluding steroid dienone is 1. The molecule has 1 nitrogen and oxygen atoms in total. The van der Waals surface area contributed by atoms with E-state index in [0.29, 0.717) is 17.3 Å². The summed E-state index contributed by atoms with van der Waals surface area (Å²) < 4.78 is 0. The molecule has 2 aliphatic rings. The van der Waals surface area contributed by atoms with Crippen LogP contribution in [0.15, 0.2) is 12.2 Å². The standard InChI is InChI=1S/C15H26O/c1-11(2)12-6-9-14(3)7-5-8-15(4,16)13(14)10-12/h12-13,16H,1,5-10H2,2-4H3/t12-,13?,14-,15+/m0/s1. The minimum Gasteiger partial charge on any atom is -0.390 e. The Morgan fingerprint density at radius 1 is 1.25 bits per heavy atom. The van der Waals surface area contributed by atoms with E-state index >= 15 is 0 Å². The summed E-state index contributed by atoms with van der Waals surface area (Å²) >= 11 is 0. The molecule has 1 N–H and O–H groups in total. The van der Waals surface area contributed by atoms with Gasteiger partial charge >= 0.3 is 0 Å². The fraction of sp³-hybridized carbons (Fsp3) is 0.867. The van der Waals surface area contributed by atoms with Gasteiger partial charge in [-0.3, -0.25) is 0 Å². The van der Waals surface area contributed by atoms with Crippen molar-refractivity contribution in [3.63, 3.8) is 0 Å². The molecular formula is C15H26O. The van der Waals surface area contributed by atoms with Crippen molar-refractivity contribution in [3.05, 3.63) is 12.2 Å². The van der Waals surface area contributed by atoms with Crippen molar-refractivity contribution >= 4 is 0 Å². The smallest absolute Gasteiger partial charge is 0.0653 e. The number of rotatable bonds is 1. The van der Waals surface area contributed by atoms with E-state index in [1.807, 2.05) is 0 Å². The Morgan fingerprint density at radius 2 is 1.94 bits per heavy atom. The van der Waals surface area contributed by atoms with Gasteiger partial charge in [-0.15, -0.1) is 0 Å². The predicted molar refractivity (Wildman–Crippen MR) is 68.2 cm³/mol. The van der Waals surface area contributed by atoms with Gasteiger partial charge < -0.3 is 5.11 Å². The molecule has 0 bridgehead atoms. The molecule has 0 heterocycles. The first-order valence-electron chi connectivity index (χ1n) is 6.73. The highest BCUT2D eigenvalue weighted by molar-refractivity contribution is 5.07. The first kappa shape index (κ1) is 12.2. The summed E-state index contributed by atoms with van der Waals surface area (Å²) in [6, 6.07) is 0. The molecule has 1 unspecified atom stereocenters. The Labute approximate surface area is 99.9 Å². The van der Waals surface area contributed by atoms with Crippen LogP contribution in [-0.2, 0) is 0 Å². The zero-order chi connectivity index (χ0) is 12.0. The van der Waals surface area contributed by atoms with Crippen LogP contribution in [-0.4, -0.2) is 10.7 Å². The summed E-state index contributed by atoms with van der Waals surface area (Å²) in [5.74, 6) is 1.12. The SMILES string of the molecule is C=C(C)[C@H]1CC[C@]2(C)CCC[C@@](C)(O)C2C1. The number of aliphatic hydroxyl groups is 1. The summed E-state index contributed by atoms with van der Waals surface area (Å²) in [5.41, 5.74) is 1.25. The van der Waals surface area contributed by atoms with Crippen LogP contribution < -0.4 is 0 Å². The van der Waals surface area contributed by atoms with E-state index in [-0.39, 0.29) is 0 Å². The van der Waals surface area contributed by atoms with Crippen molar-refractivity contribution in [2.45, 2.75) is 64.9 Å². The van der Waals surface area contributed by atoms with Gasteiger partial charge in [0.2, 0.25) is 0 Å². The Balaban J connectivity index is 2.21. The summed E-state index contributed by atoms with van der Waals surface area (Å²) in [5, 5.41) is 10.6. The van der Waals surface area contributed by atoms with Crippen molar-refractivity contribution in [3.8, 4) is 0 Å². The third-order valence-corrected chi connectivity index (χ3v) is 5.30. The average Bonchev–Trinajstić information content (AvgIpc) is 2.15. The van der Waals surface area contributed by atoms with Gasteiger partial charge in [0.25, 0.3) is 0 Å². The van der Waals surface area contributed by atoms with Crippen LogP contribution in [0, 0.1) is 17.3 Å². The third kappa shape index (κ3) is 1.95. The van der Waals surface area contributed by atoms with Gasteiger partial charge in [0.15, 0.2) is 0 Å². The zero-order valence-electron chi connectivity index (χ0n) is 11.1. The second kappa shape index (κ2) is 3.87. The van der Waals surface area contributed by atoms with Crippen LogP contribution in [0.25, 0.3) is 0 Å². The Bertz CT molecular complexity index is 292. The quantitative estimate of drug-likeness (QED) is 0.667. The number of fused-ring (bicyclic) bond motifs is 1. The van der Waals surface area contributed by atoms with Crippen LogP contribution in [0.2, 0.25) is 0 Å². The first-order valence-corrected chi connectivity index (χ1v) is 6.73. The minimum absolute atomic E-state index is 0.383. The maximum atomic E-state index is 10.6. The summed E-state index contributed by atoms with van der Waals surface area (Å²) in [6.07, 6.45) is 7.17. The van der Waals surface area contributed by atoms with Crippen molar-refractivity contribution in [2.75, 3.05) is 0 Å². The molecule has 4 atom stereocenters. The van der Waals surface area contributed by atoms with E-state index in [4.69, 9.17) is 0 Å². The normalized spacial score (nSPS) is 48.5. The average molecular weight is 222 g/mol. The van der Waals surface area contributed by atoms with E-state index < -0.39 is 5.60 Å². The monoisotopic (exact) mass is 222 g/mol. The van der Waals surface area contributed by atoms with E-state index in [1.54, 1.807) is 0 Å². The lowest BCUT2D eigenvalue weighted by molar-refractivity contribution is -0.120.